The van der Waals surface area contributed by atoms with Gasteiger partial charge in [-0.05, 0) is 49.1 Å². The number of ketones is 1. The van der Waals surface area contributed by atoms with E-state index in [1.807, 2.05) is 6.07 Å². The molecule has 0 radical (unpaired) electrons. The Hall–Kier alpha value is 0.140. The molecular weight excluding hydrogens is 474 g/mol. The SMILES string of the molecule is CCCCC1c2cc(OCCCS(=O)(=O)O)c(Cl)c(Cl)c2C(=O)C1C1CCCC1.O.[NaH]. The summed E-state index contributed by atoms with van der Waals surface area (Å²) in [5, 5.41) is 0.424. The zero-order chi connectivity index (χ0) is 21.2. The summed E-state index contributed by atoms with van der Waals surface area (Å²) < 4.78 is 36.3. The molecule has 31 heavy (non-hydrogen) atoms. The number of carbonyl (C=O) groups is 1. The third-order valence-corrected chi connectivity index (χ3v) is 7.82. The number of fused-ring (bicyclic) bond motifs is 1. The molecule has 6 nitrogen and oxygen atoms in total. The maximum atomic E-state index is 13.3. The van der Waals surface area contributed by atoms with Crippen molar-refractivity contribution in [3.05, 3.63) is 27.2 Å². The van der Waals surface area contributed by atoms with Gasteiger partial charge in [0.25, 0.3) is 10.1 Å². The normalized spacial score (nSPS) is 20.8. The van der Waals surface area contributed by atoms with Gasteiger partial charge in [0.1, 0.15) is 10.8 Å². The van der Waals surface area contributed by atoms with Gasteiger partial charge < -0.3 is 10.2 Å². The van der Waals surface area contributed by atoms with Gasteiger partial charge in [0, 0.05) is 11.5 Å². The minimum absolute atomic E-state index is 0. The predicted octanol–water partition coefficient (Wildman–Crippen LogP) is 4.45. The van der Waals surface area contributed by atoms with E-state index < -0.39 is 10.1 Å². The molecule has 3 N–H and O–H groups in total. The van der Waals surface area contributed by atoms with Crippen LogP contribution in [0.4, 0.5) is 0 Å². The number of hydrogen-bond acceptors (Lipinski definition) is 4. The molecule has 0 bridgehead atoms. The molecule has 1 fully saturated rings. The van der Waals surface area contributed by atoms with Gasteiger partial charge in [0.15, 0.2) is 5.78 Å². The fraction of sp³-hybridized carbons (Fsp3) is 0.667. The molecule has 0 heterocycles. The van der Waals surface area contributed by atoms with Crippen LogP contribution < -0.4 is 4.74 Å². The average Bonchev–Trinajstić information content (AvgIpc) is 3.26. The summed E-state index contributed by atoms with van der Waals surface area (Å²) in [5.41, 5.74) is 1.46. The molecular formula is C21H31Cl2NaO6S. The average molecular weight is 505 g/mol. The number of hydrogen-bond donors (Lipinski definition) is 1. The van der Waals surface area contributed by atoms with Crippen molar-refractivity contribution in [2.24, 2.45) is 11.8 Å². The Morgan fingerprint density at radius 3 is 2.39 bits per heavy atom. The summed E-state index contributed by atoms with van der Waals surface area (Å²) >= 11 is 12.9. The summed E-state index contributed by atoms with van der Waals surface area (Å²) in [6, 6.07) is 1.82. The van der Waals surface area contributed by atoms with Crippen molar-refractivity contribution in [2.75, 3.05) is 12.4 Å². The van der Waals surface area contributed by atoms with E-state index in [1.54, 1.807) is 0 Å². The van der Waals surface area contributed by atoms with E-state index in [-0.39, 0.29) is 81.5 Å². The molecule has 1 aromatic rings. The molecule has 1 saturated carbocycles. The van der Waals surface area contributed by atoms with Crippen LogP contribution in [-0.4, -0.2) is 66.1 Å². The standard InChI is InChI=1S/C21H28Cl2O5S.Na.H2O.H/c1-2-3-9-14-15-12-16(28-10-6-11-29(25,26)27)19(22)20(23)18(15)21(24)17(14)13-7-4-5-8-13;;;/h12-14,17H,2-11H2,1H3,(H,25,26,27);;1H2;. The minimum atomic E-state index is -4.03. The molecule has 2 atom stereocenters. The number of benzene rings is 1. The van der Waals surface area contributed by atoms with Crippen LogP contribution in [0.3, 0.4) is 0 Å². The van der Waals surface area contributed by atoms with Gasteiger partial charge >= 0.3 is 29.6 Å². The topological polar surface area (TPSA) is 112 Å². The van der Waals surface area contributed by atoms with Crippen molar-refractivity contribution in [3.63, 3.8) is 0 Å². The Morgan fingerprint density at radius 1 is 1.16 bits per heavy atom. The fourth-order valence-electron chi connectivity index (χ4n) is 4.85. The molecule has 2 unspecified atom stereocenters. The number of Topliss-reactive ketones (excluding diaryl/α,β-unsaturated/α-hetero) is 1. The van der Waals surface area contributed by atoms with Gasteiger partial charge in [-0.25, -0.2) is 0 Å². The first-order valence-corrected chi connectivity index (χ1v) is 12.7. The van der Waals surface area contributed by atoms with E-state index in [0.29, 0.717) is 17.2 Å². The fourth-order valence-corrected chi connectivity index (χ4v) is 5.84. The monoisotopic (exact) mass is 504 g/mol. The summed E-state index contributed by atoms with van der Waals surface area (Å²) in [7, 11) is -4.03. The van der Waals surface area contributed by atoms with E-state index >= 15 is 0 Å². The Kier molecular flexibility index (Phi) is 11.8. The third-order valence-electron chi connectivity index (χ3n) is 6.17. The Labute approximate surface area is 216 Å². The predicted molar refractivity (Wildman–Crippen MR) is 126 cm³/mol. The van der Waals surface area contributed by atoms with Crippen LogP contribution >= 0.6 is 23.2 Å². The first-order chi connectivity index (χ1) is 13.7. The van der Waals surface area contributed by atoms with Gasteiger partial charge in [-0.2, -0.15) is 8.42 Å². The van der Waals surface area contributed by atoms with Crippen molar-refractivity contribution >= 4 is 68.7 Å². The van der Waals surface area contributed by atoms with Crippen molar-refractivity contribution in [2.45, 2.75) is 64.2 Å². The van der Waals surface area contributed by atoms with E-state index in [1.165, 1.54) is 12.8 Å². The van der Waals surface area contributed by atoms with Crippen LogP contribution in [0.5, 0.6) is 5.75 Å². The molecule has 1 aromatic carbocycles. The van der Waals surface area contributed by atoms with Crippen molar-refractivity contribution in [3.8, 4) is 5.75 Å². The van der Waals surface area contributed by atoms with Crippen molar-refractivity contribution < 1.29 is 28.0 Å². The number of carbonyl (C=O) groups excluding carboxylic acids is 1. The molecule has 0 amide bonds. The summed E-state index contributed by atoms with van der Waals surface area (Å²) in [6.07, 6.45) is 7.64. The van der Waals surface area contributed by atoms with Crippen LogP contribution in [0.15, 0.2) is 6.07 Å². The van der Waals surface area contributed by atoms with Gasteiger partial charge in [-0.3, -0.25) is 9.35 Å². The van der Waals surface area contributed by atoms with Crippen LogP contribution in [0.25, 0.3) is 0 Å². The number of halogens is 2. The molecule has 10 heteroatoms. The second-order valence-electron chi connectivity index (χ2n) is 8.14. The molecule has 0 saturated heterocycles. The zero-order valence-corrected chi connectivity index (χ0v) is 19.5. The maximum absolute atomic E-state index is 13.3. The summed E-state index contributed by atoms with van der Waals surface area (Å²) in [6.45, 7) is 2.22. The molecule has 2 aliphatic carbocycles. The van der Waals surface area contributed by atoms with E-state index in [4.69, 9.17) is 32.5 Å². The molecule has 3 rings (SSSR count). The quantitative estimate of drug-likeness (QED) is 0.303. The molecule has 0 aliphatic heterocycles. The van der Waals surface area contributed by atoms with Crippen LogP contribution in [0.2, 0.25) is 10.0 Å². The van der Waals surface area contributed by atoms with Gasteiger partial charge in [0.05, 0.1) is 17.4 Å². The van der Waals surface area contributed by atoms with Crippen molar-refractivity contribution in [1.29, 1.82) is 0 Å². The first-order valence-electron chi connectivity index (χ1n) is 10.4. The Balaban J connectivity index is 0.00000240. The van der Waals surface area contributed by atoms with Crippen LogP contribution in [0, 0.1) is 11.8 Å². The zero-order valence-electron chi connectivity index (χ0n) is 17.1. The third kappa shape index (κ3) is 6.82. The second kappa shape index (κ2) is 12.6. The van der Waals surface area contributed by atoms with Crippen LogP contribution in [0.1, 0.15) is 80.1 Å². The van der Waals surface area contributed by atoms with Crippen LogP contribution in [-0.2, 0) is 10.1 Å². The number of ether oxygens (including phenoxy) is 1. The van der Waals surface area contributed by atoms with Gasteiger partial charge in [-0.15, -0.1) is 0 Å². The number of unbranched alkanes of at least 4 members (excludes halogenated alkanes) is 1. The number of rotatable bonds is 9. The Morgan fingerprint density at radius 2 is 1.81 bits per heavy atom. The van der Waals surface area contributed by atoms with Crippen molar-refractivity contribution in [1.82, 2.24) is 0 Å². The molecule has 0 aromatic heterocycles. The summed E-state index contributed by atoms with van der Waals surface area (Å²) in [5.74, 6) is 0.568. The van der Waals surface area contributed by atoms with E-state index in [0.717, 1.165) is 37.7 Å². The van der Waals surface area contributed by atoms with E-state index in [9.17, 15) is 13.2 Å². The molecule has 172 valence electrons. The molecule has 0 spiro atoms. The van der Waals surface area contributed by atoms with Gasteiger partial charge in [0.2, 0.25) is 0 Å². The van der Waals surface area contributed by atoms with Gasteiger partial charge in [-0.1, -0.05) is 55.8 Å². The Bertz CT molecular complexity index is 871. The first kappa shape index (κ1) is 29.2. The van der Waals surface area contributed by atoms with E-state index in [2.05, 4.69) is 6.92 Å². The summed E-state index contributed by atoms with van der Waals surface area (Å²) in [4.78, 5) is 13.3. The second-order valence-corrected chi connectivity index (χ2v) is 10.5. The molecule has 2 aliphatic rings.